The summed E-state index contributed by atoms with van der Waals surface area (Å²) in [5.74, 6) is 0.615. The van der Waals surface area contributed by atoms with Crippen LogP contribution in [-0.2, 0) is 6.54 Å². The summed E-state index contributed by atoms with van der Waals surface area (Å²) in [5.41, 5.74) is 0. The Morgan fingerprint density at radius 1 is 1.53 bits per heavy atom. The molecule has 19 heavy (non-hydrogen) atoms. The van der Waals surface area contributed by atoms with Crippen LogP contribution in [0.15, 0.2) is 6.20 Å². The number of hydrogen-bond donors (Lipinski definition) is 1. The lowest BCUT2D eigenvalue weighted by atomic mass is 10.2. The molecule has 0 bridgehead atoms. The molecule has 0 fully saturated rings. The molecule has 106 valence electrons. The average molecular weight is 280 g/mol. The van der Waals surface area contributed by atoms with Gasteiger partial charge in [0.2, 0.25) is 0 Å². The van der Waals surface area contributed by atoms with Crippen LogP contribution < -0.4 is 5.32 Å². The highest BCUT2D eigenvalue weighted by Crippen LogP contribution is 2.20. The number of hydrogen-bond acceptors (Lipinski definition) is 5. The summed E-state index contributed by atoms with van der Waals surface area (Å²) in [4.78, 5) is 7.98. The minimum absolute atomic E-state index is 0.590. The summed E-state index contributed by atoms with van der Waals surface area (Å²) in [6, 6.07) is 2.22. The van der Waals surface area contributed by atoms with Crippen LogP contribution in [0.2, 0.25) is 0 Å². The lowest BCUT2D eigenvalue weighted by Gasteiger charge is -2.22. The highest BCUT2D eigenvalue weighted by Gasteiger charge is 2.10. The zero-order valence-corrected chi connectivity index (χ0v) is 13.0. The molecule has 1 heterocycles. The van der Waals surface area contributed by atoms with E-state index in [4.69, 9.17) is 5.26 Å². The fourth-order valence-electron chi connectivity index (χ4n) is 1.87. The first-order chi connectivity index (χ1) is 9.15. The predicted molar refractivity (Wildman–Crippen MR) is 81.2 cm³/mol. The summed E-state index contributed by atoms with van der Waals surface area (Å²) in [7, 11) is 0. The van der Waals surface area contributed by atoms with Gasteiger partial charge in [-0.05, 0) is 12.3 Å². The van der Waals surface area contributed by atoms with Crippen molar-refractivity contribution < 1.29 is 0 Å². The third-order valence-corrected chi connectivity index (χ3v) is 3.56. The molecule has 1 aromatic heterocycles. The molecule has 0 atom stereocenters. The number of thiazole rings is 1. The maximum Gasteiger partial charge on any atom is 0.182 e. The molecule has 1 aromatic rings. The van der Waals surface area contributed by atoms with Gasteiger partial charge in [-0.25, -0.2) is 4.98 Å². The Kier molecular flexibility index (Phi) is 7.46. The van der Waals surface area contributed by atoms with Crippen molar-refractivity contribution in [2.24, 2.45) is 5.92 Å². The normalized spacial score (nSPS) is 10.9. The highest BCUT2D eigenvalue weighted by atomic mass is 32.1. The van der Waals surface area contributed by atoms with Crippen LogP contribution >= 0.6 is 11.3 Å². The number of nitriles is 1. The number of rotatable bonds is 9. The molecule has 0 radical (unpaired) electrons. The molecule has 1 rings (SSSR count). The first-order valence-corrected chi connectivity index (χ1v) is 7.75. The lowest BCUT2D eigenvalue weighted by molar-refractivity contribution is 0.243. The summed E-state index contributed by atoms with van der Waals surface area (Å²) in [5, 5.41) is 13.0. The number of nitrogens with one attached hydrogen (secondary N) is 1. The molecule has 0 unspecified atom stereocenters. The van der Waals surface area contributed by atoms with Crippen LogP contribution in [-0.4, -0.2) is 29.5 Å². The van der Waals surface area contributed by atoms with Gasteiger partial charge in [-0.2, -0.15) is 5.26 Å². The van der Waals surface area contributed by atoms with E-state index in [0.29, 0.717) is 12.3 Å². The van der Waals surface area contributed by atoms with E-state index in [1.165, 1.54) is 4.88 Å². The van der Waals surface area contributed by atoms with Gasteiger partial charge in [0, 0.05) is 43.7 Å². The zero-order valence-electron chi connectivity index (χ0n) is 12.1. The van der Waals surface area contributed by atoms with Gasteiger partial charge in [-0.15, -0.1) is 11.3 Å². The van der Waals surface area contributed by atoms with Gasteiger partial charge in [0.1, 0.15) is 0 Å². The molecule has 0 saturated carbocycles. The van der Waals surface area contributed by atoms with Gasteiger partial charge < -0.3 is 5.32 Å². The second kappa shape index (κ2) is 8.89. The smallest absolute Gasteiger partial charge is 0.182 e. The first-order valence-electron chi connectivity index (χ1n) is 6.93. The van der Waals surface area contributed by atoms with Crippen LogP contribution in [0, 0.1) is 17.2 Å². The molecular formula is C14H24N4S. The topological polar surface area (TPSA) is 52.0 Å². The number of nitrogens with zero attached hydrogens (tertiary/aromatic N) is 3. The zero-order chi connectivity index (χ0) is 14.1. The maximum atomic E-state index is 8.72. The van der Waals surface area contributed by atoms with Crippen LogP contribution in [0.5, 0.6) is 0 Å². The lowest BCUT2D eigenvalue weighted by Crippen LogP contribution is -2.27. The van der Waals surface area contributed by atoms with Crippen molar-refractivity contribution in [2.45, 2.75) is 40.2 Å². The fraction of sp³-hybridized carbons (Fsp3) is 0.714. The van der Waals surface area contributed by atoms with Crippen LogP contribution in [0.25, 0.3) is 0 Å². The van der Waals surface area contributed by atoms with E-state index in [9.17, 15) is 0 Å². The number of aromatic nitrogens is 1. The van der Waals surface area contributed by atoms with Gasteiger partial charge in [-0.3, -0.25) is 4.90 Å². The van der Waals surface area contributed by atoms with Crippen molar-refractivity contribution in [1.82, 2.24) is 9.88 Å². The molecule has 0 spiro atoms. The van der Waals surface area contributed by atoms with Gasteiger partial charge >= 0.3 is 0 Å². The Morgan fingerprint density at radius 2 is 2.32 bits per heavy atom. The van der Waals surface area contributed by atoms with Crippen molar-refractivity contribution in [3.05, 3.63) is 11.1 Å². The van der Waals surface area contributed by atoms with Crippen molar-refractivity contribution in [3.63, 3.8) is 0 Å². The molecule has 1 N–H and O–H groups in total. The Hall–Kier alpha value is -1.12. The van der Waals surface area contributed by atoms with Gasteiger partial charge in [0.15, 0.2) is 5.13 Å². The standard InChI is InChI=1S/C14H24N4S/c1-4-7-16-14-17-9-13(19-14)11-18(8-5-6-15)10-12(2)3/h9,12H,4-5,7-8,10-11H2,1-3H3,(H,16,17). The summed E-state index contributed by atoms with van der Waals surface area (Å²) in [6.07, 6.45) is 3.64. The largest absolute Gasteiger partial charge is 0.362 e. The third-order valence-electron chi connectivity index (χ3n) is 2.62. The van der Waals surface area contributed by atoms with Crippen molar-refractivity contribution in [1.29, 1.82) is 5.26 Å². The summed E-state index contributed by atoms with van der Waals surface area (Å²) < 4.78 is 0. The highest BCUT2D eigenvalue weighted by molar-refractivity contribution is 7.15. The van der Waals surface area contributed by atoms with Gasteiger partial charge in [0.05, 0.1) is 6.07 Å². The van der Waals surface area contributed by atoms with E-state index in [-0.39, 0.29) is 0 Å². The fourth-order valence-corrected chi connectivity index (χ4v) is 2.75. The SMILES string of the molecule is CCCNc1ncc(CN(CCC#N)CC(C)C)s1. The van der Waals surface area contributed by atoms with Gasteiger partial charge in [-0.1, -0.05) is 20.8 Å². The Balaban J connectivity index is 2.52. The molecule has 0 saturated heterocycles. The second-order valence-corrected chi connectivity index (χ2v) is 6.21. The maximum absolute atomic E-state index is 8.72. The van der Waals surface area contributed by atoms with E-state index < -0.39 is 0 Å². The number of anilines is 1. The molecule has 0 amide bonds. The minimum Gasteiger partial charge on any atom is -0.362 e. The first kappa shape index (κ1) is 15.9. The molecule has 0 aliphatic heterocycles. The summed E-state index contributed by atoms with van der Waals surface area (Å²) >= 11 is 1.71. The van der Waals surface area contributed by atoms with Crippen LogP contribution in [0.4, 0.5) is 5.13 Å². The monoisotopic (exact) mass is 280 g/mol. The summed E-state index contributed by atoms with van der Waals surface area (Å²) in [6.45, 7) is 10.3. The van der Waals surface area contributed by atoms with Crippen LogP contribution in [0.1, 0.15) is 38.5 Å². The molecule has 5 heteroatoms. The van der Waals surface area contributed by atoms with E-state index in [0.717, 1.165) is 37.7 Å². The van der Waals surface area contributed by atoms with E-state index in [2.05, 4.69) is 42.0 Å². The van der Waals surface area contributed by atoms with E-state index in [1.807, 2.05) is 6.20 Å². The Bertz CT molecular complexity index is 394. The van der Waals surface area contributed by atoms with Crippen LogP contribution in [0.3, 0.4) is 0 Å². The Morgan fingerprint density at radius 3 is 2.95 bits per heavy atom. The quantitative estimate of drug-likeness (QED) is 0.754. The molecule has 0 aliphatic rings. The van der Waals surface area contributed by atoms with E-state index in [1.54, 1.807) is 11.3 Å². The molecular weight excluding hydrogens is 256 g/mol. The average Bonchev–Trinajstić information content (AvgIpc) is 2.80. The molecule has 4 nitrogen and oxygen atoms in total. The predicted octanol–water partition coefficient (Wildman–Crippen LogP) is 3.34. The minimum atomic E-state index is 0.590. The third kappa shape index (κ3) is 6.55. The van der Waals surface area contributed by atoms with Gasteiger partial charge in [0.25, 0.3) is 0 Å². The van der Waals surface area contributed by atoms with E-state index >= 15 is 0 Å². The molecule has 0 aliphatic carbocycles. The van der Waals surface area contributed by atoms with Crippen molar-refractivity contribution in [3.8, 4) is 6.07 Å². The second-order valence-electron chi connectivity index (χ2n) is 5.10. The van der Waals surface area contributed by atoms with Crippen molar-refractivity contribution in [2.75, 3.05) is 25.0 Å². The molecule has 0 aromatic carbocycles. The van der Waals surface area contributed by atoms with Crippen molar-refractivity contribution >= 4 is 16.5 Å². The Labute approximate surface area is 120 Å².